The number of para-hydroxylation sites is 1. The summed E-state index contributed by atoms with van der Waals surface area (Å²) in [5.41, 5.74) is 3.81. The third kappa shape index (κ3) is 5.03. The van der Waals surface area contributed by atoms with Crippen LogP contribution in [0.1, 0.15) is 27.4 Å². The highest BCUT2D eigenvalue weighted by Gasteiger charge is 2.19. The minimum atomic E-state index is -0.285. The first-order chi connectivity index (χ1) is 15.1. The summed E-state index contributed by atoms with van der Waals surface area (Å²) in [5, 5.41) is 6.78. The Morgan fingerprint density at radius 1 is 0.903 bits per heavy atom. The highest BCUT2D eigenvalue weighted by molar-refractivity contribution is 9.10. The average molecular weight is 476 g/mol. The van der Waals surface area contributed by atoms with Crippen LogP contribution in [0.2, 0.25) is 0 Å². The summed E-state index contributed by atoms with van der Waals surface area (Å²) < 4.78 is 0.814. The Balaban J connectivity index is 1.44. The topological polar surface area (TPSA) is 74.0 Å². The number of benzene rings is 3. The molecule has 0 aliphatic heterocycles. The van der Waals surface area contributed by atoms with Crippen molar-refractivity contribution in [3.8, 4) is 0 Å². The van der Waals surface area contributed by atoms with Gasteiger partial charge in [-0.1, -0.05) is 70.5 Å². The molecule has 0 saturated carbocycles. The number of hydrogen-bond acceptors (Lipinski definition) is 2. The van der Waals surface area contributed by atoms with Crippen molar-refractivity contribution in [1.82, 2.24) is 15.6 Å². The van der Waals surface area contributed by atoms with E-state index in [0.29, 0.717) is 12.1 Å². The molecule has 0 aliphatic carbocycles. The molecule has 6 heteroatoms. The van der Waals surface area contributed by atoms with Crippen LogP contribution in [0.4, 0.5) is 0 Å². The lowest BCUT2D eigenvalue weighted by Gasteiger charge is -2.18. The maximum absolute atomic E-state index is 12.5. The van der Waals surface area contributed by atoms with Gasteiger partial charge in [-0.05, 0) is 35.4 Å². The fourth-order valence-corrected chi connectivity index (χ4v) is 4.04. The zero-order chi connectivity index (χ0) is 21.6. The number of H-pyrrole nitrogens is 1. The number of carbonyl (C=O) groups excluding carboxylic acids is 2. The fourth-order valence-electron chi connectivity index (χ4n) is 3.65. The quantitative estimate of drug-likeness (QED) is 0.365. The van der Waals surface area contributed by atoms with E-state index in [1.165, 1.54) is 0 Å². The second-order valence-electron chi connectivity index (χ2n) is 7.25. The highest BCUT2D eigenvalue weighted by Crippen LogP contribution is 2.30. The Labute approximate surface area is 189 Å². The van der Waals surface area contributed by atoms with Crippen molar-refractivity contribution < 1.29 is 9.59 Å². The Bertz CT molecular complexity index is 1200. The van der Waals surface area contributed by atoms with Crippen LogP contribution in [0.3, 0.4) is 0 Å². The third-order valence-corrected chi connectivity index (χ3v) is 5.69. The molecule has 31 heavy (non-hydrogen) atoms. The molecule has 4 aromatic rings. The smallest absolute Gasteiger partial charge is 0.251 e. The van der Waals surface area contributed by atoms with Gasteiger partial charge in [-0.15, -0.1) is 0 Å². The van der Waals surface area contributed by atoms with Gasteiger partial charge in [0.05, 0.1) is 6.54 Å². The number of aromatic nitrogens is 1. The molecule has 0 saturated heterocycles. The molecule has 0 spiro atoms. The SMILES string of the molecule is O=C(CNC(=O)c1cccc(Br)c1)NCC(c1ccccc1)c1c[nH]c2ccccc12. The molecule has 4 rings (SSSR count). The summed E-state index contributed by atoms with van der Waals surface area (Å²) >= 11 is 3.35. The molecule has 1 unspecified atom stereocenters. The number of rotatable bonds is 7. The van der Waals surface area contributed by atoms with Crippen molar-refractivity contribution >= 4 is 38.6 Å². The van der Waals surface area contributed by atoms with E-state index in [-0.39, 0.29) is 24.3 Å². The van der Waals surface area contributed by atoms with Crippen molar-refractivity contribution in [1.29, 1.82) is 0 Å². The van der Waals surface area contributed by atoms with Crippen LogP contribution in [0.25, 0.3) is 10.9 Å². The van der Waals surface area contributed by atoms with Gasteiger partial charge in [-0.25, -0.2) is 0 Å². The molecule has 1 aromatic heterocycles. The molecular weight excluding hydrogens is 454 g/mol. The predicted octanol–water partition coefficient (Wildman–Crippen LogP) is 4.61. The van der Waals surface area contributed by atoms with Crippen LogP contribution in [-0.2, 0) is 4.79 Å². The van der Waals surface area contributed by atoms with Crippen LogP contribution in [0, 0.1) is 0 Å². The Morgan fingerprint density at radius 2 is 1.68 bits per heavy atom. The van der Waals surface area contributed by atoms with Gasteiger partial charge in [0.25, 0.3) is 5.91 Å². The van der Waals surface area contributed by atoms with Crippen LogP contribution >= 0.6 is 15.9 Å². The monoisotopic (exact) mass is 475 g/mol. The molecule has 156 valence electrons. The van der Waals surface area contributed by atoms with Gasteiger partial charge in [-0.3, -0.25) is 9.59 Å². The maximum atomic E-state index is 12.5. The Kier molecular flexibility index (Phi) is 6.48. The summed E-state index contributed by atoms with van der Waals surface area (Å²) in [5.74, 6) is -0.529. The van der Waals surface area contributed by atoms with Gasteiger partial charge in [0.1, 0.15) is 0 Å². The van der Waals surface area contributed by atoms with Crippen LogP contribution in [0.15, 0.2) is 89.5 Å². The van der Waals surface area contributed by atoms with Gasteiger partial charge in [0.2, 0.25) is 5.91 Å². The van der Waals surface area contributed by atoms with Gasteiger partial charge < -0.3 is 15.6 Å². The minimum Gasteiger partial charge on any atom is -0.361 e. The predicted molar refractivity (Wildman–Crippen MR) is 126 cm³/mol. The summed E-state index contributed by atoms with van der Waals surface area (Å²) in [7, 11) is 0. The second kappa shape index (κ2) is 9.62. The van der Waals surface area contributed by atoms with E-state index in [0.717, 1.165) is 26.5 Å². The molecule has 3 N–H and O–H groups in total. The minimum absolute atomic E-state index is 0.0120. The Morgan fingerprint density at radius 3 is 2.48 bits per heavy atom. The van der Waals surface area contributed by atoms with E-state index in [9.17, 15) is 9.59 Å². The van der Waals surface area contributed by atoms with Crippen molar-refractivity contribution in [3.63, 3.8) is 0 Å². The normalized spacial score (nSPS) is 11.8. The number of aromatic amines is 1. The van der Waals surface area contributed by atoms with Crippen LogP contribution in [0.5, 0.6) is 0 Å². The third-order valence-electron chi connectivity index (χ3n) is 5.20. The lowest BCUT2D eigenvalue weighted by Crippen LogP contribution is -2.38. The zero-order valence-corrected chi connectivity index (χ0v) is 18.4. The van der Waals surface area contributed by atoms with Crippen LogP contribution in [-0.4, -0.2) is 29.9 Å². The molecule has 0 bridgehead atoms. The highest BCUT2D eigenvalue weighted by atomic mass is 79.9. The molecule has 0 radical (unpaired) electrons. The fraction of sp³-hybridized carbons (Fsp3) is 0.120. The summed E-state index contributed by atoms with van der Waals surface area (Å²) in [4.78, 5) is 28.1. The van der Waals surface area contributed by atoms with Crippen LogP contribution < -0.4 is 10.6 Å². The summed E-state index contributed by atoms with van der Waals surface area (Å²) in [6, 6.07) is 25.3. The first-order valence-corrected chi connectivity index (χ1v) is 10.8. The van der Waals surface area contributed by atoms with Gasteiger partial charge in [-0.2, -0.15) is 0 Å². The van der Waals surface area contributed by atoms with Crippen molar-refractivity contribution in [2.75, 3.05) is 13.1 Å². The number of fused-ring (bicyclic) bond motifs is 1. The largest absolute Gasteiger partial charge is 0.361 e. The molecule has 2 amide bonds. The maximum Gasteiger partial charge on any atom is 0.251 e. The van der Waals surface area contributed by atoms with E-state index >= 15 is 0 Å². The van der Waals surface area contributed by atoms with Crippen molar-refractivity contribution in [2.45, 2.75) is 5.92 Å². The molecule has 1 heterocycles. The van der Waals surface area contributed by atoms with E-state index in [1.54, 1.807) is 18.2 Å². The van der Waals surface area contributed by atoms with Crippen molar-refractivity contribution in [3.05, 3.63) is 106 Å². The lowest BCUT2D eigenvalue weighted by molar-refractivity contribution is -0.120. The van der Waals surface area contributed by atoms with Gasteiger partial charge >= 0.3 is 0 Å². The van der Waals surface area contributed by atoms with E-state index < -0.39 is 0 Å². The molecule has 0 aliphatic rings. The number of carbonyl (C=O) groups is 2. The number of amides is 2. The second-order valence-corrected chi connectivity index (χ2v) is 8.17. The summed E-state index contributed by atoms with van der Waals surface area (Å²) in [6.07, 6.45) is 2.00. The number of hydrogen-bond donors (Lipinski definition) is 3. The molecule has 3 aromatic carbocycles. The van der Waals surface area contributed by atoms with Gasteiger partial charge in [0.15, 0.2) is 0 Å². The number of halogens is 1. The van der Waals surface area contributed by atoms with E-state index in [2.05, 4.69) is 49.7 Å². The first-order valence-electron chi connectivity index (χ1n) is 10.0. The summed E-state index contributed by atoms with van der Waals surface area (Å²) in [6.45, 7) is 0.345. The van der Waals surface area contributed by atoms with Gasteiger partial charge in [0, 0.05) is 39.6 Å². The number of nitrogens with one attached hydrogen (secondary N) is 3. The van der Waals surface area contributed by atoms with E-state index in [1.807, 2.05) is 48.7 Å². The Hall–Kier alpha value is -3.38. The molecular formula is C25H22BrN3O2. The average Bonchev–Trinajstić information content (AvgIpc) is 3.22. The first kappa shape index (κ1) is 20.9. The lowest BCUT2D eigenvalue weighted by atomic mass is 9.91. The standard InChI is InChI=1S/C25H22BrN3O2/c26-19-10-6-9-18(13-19)25(31)29-16-24(30)28-14-21(17-7-2-1-3-8-17)22-15-27-23-12-5-4-11-20(22)23/h1-13,15,21,27H,14,16H2,(H,28,30)(H,29,31). The molecule has 0 fully saturated rings. The zero-order valence-electron chi connectivity index (χ0n) is 16.8. The van der Waals surface area contributed by atoms with Crippen molar-refractivity contribution in [2.24, 2.45) is 0 Å². The van der Waals surface area contributed by atoms with E-state index in [4.69, 9.17) is 0 Å². The molecule has 5 nitrogen and oxygen atoms in total. The molecule has 1 atom stereocenters.